The fourth-order valence-corrected chi connectivity index (χ4v) is 15.5. The molecule has 6 aromatic carbocycles. The van der Waals surface area contributed by atoms with E-state index in [2.05, 4.69) is 14.7 Å². The van der Waals surface area contributed by atoms with Gasteiger partial charge >= 0.3 is 12.4 Å². The predicted molar refractivity (Wildman–Crippen MR) is 397 cm³/mol. The zero-order valence-electron chi connectivity index (χ0n) is 57.8. The minimum absolute atomic E-state index is 0.00638. The van der Waals surface area contributed by atoms with Gasteiger partial charge in [0, 0.05) is 55.1 Å². The summed E-state index contributed by atoms with van der Waals surface area (Å²) in [6.45, 7) is 4.29. The number of para-hydroxylation sites is 2. The number of nitrogens with two attached hydrogens (primary N) is 1. The van der Waals surface area contributed by atoms with Gasteiger partial charge in [0.2, 0.25) is 21.8 Å². The molecule has 0 aliphatic rings. The van der Waals surface area contributed by atoms with E-state index in [-0.39, 0.29) is 81.2 Å². The van der Waals surface area contributed by atoms with Crippen molar-refractivity contribution >= 4 is 86.1 Å². The number of thiophene rings is 2. The number of sulfonamides is 1. The Hall–Kier alpha value is -10.6. The van der Waals surface area contributed by atoms with Gasteiger partial charge in [0.1, 0.15) is 43.2 Å². The maximum absolute atomic E-state index is 14.7. The first kappa shape index (κ1) is 80.9. The Bertz CT molecular complexity index is 5480. The molecule has 33 heteroatoms. The minimum atomic E-state index is -4.94. The number of hydrogen-bond donors (Lipinski definition) is 2. The predicted octanol–water partition coefficient (Wildman–Crippen LogP) is 14.8. The molecule has 109 heavy (non-hydrogen) atoms. The molecule has 6 heterocycles. The molecule has 0 fully saturated rings. The number of hydrogen-bond acceptors (Lipinski definition) is 17. The summed E-state index contributed by atoms with van der Waals surface area (Å²) < 4.78 is 173. The highest BCUT2D eigenvalue weighted by Crippen LogP contribution is 2.36. The number of carbonyl (C=O) groups is 2. The Morgan fingerprint density at radius 1 is 0.550 bits per heavy atom. The molecule has 20 nitrogen and oxygen atoms in total. The lowest BCUT2D eigenvalue weighted by Gasteiger charge is -2.33. The van der Waals surface area contributed by atoms with Gasteiger partial charge in [0.15, 0.2) is 0 Å². The van der Waals surface area contributed by atoms with E-state index >= 15 is 0 Å². The topological polar surface area (TPSA) is 261 Å². The Morgan fingerprint density at radius 2 is 0.972 bits per heavy atom. The van der Waals surface area contributed by atoms with Crippen LogP contribution in [0.1, 0.15) is 83.8 Å². The first-order valence-electron chi connectivity index (χ1n) is 33.4. The van der Waals surface area contributed by atoms with Gasteiger partial charge in [-0.25, -0.2) is 40.3 Å². The van der Waals surface area contributed by atoms with Crippen LogP contribution in [0.5, 0.6) is 11.5 Å². The second kappa shape index (κ2) is 36.1. The number of rotatable bonds is 26. The molecule has 2 amide bonds. The Kier molecular flexibility index (Phi) is 26.8. The molecule has 0 bridgehead atoms. The average Bonchev–Trinajstić information content (AvgIpc) is 1.09. The fraction of sp³-hybridized carbons (Fsp3) is 0.211. The standard InChI is InChI=1S/C38H33F4N5O5S2.C34H31F4N5O3.C4H3ClO2S2/c1-2-52-28-14-12-27(13-15-28)47-36(45-32-9-4-3-8-29(32)37(47)49)33(17-19-44-54(50,51)35-10-6-20-53-35)46(24-26-7-5-18-43-23-26)34(48)22-25-11-16-30(31(39)21-25)38(40,41)42;1-2-46-25-12-10-24(11-13-25)43-32(41-29-8-4-3-7-26(29)33(43)45)30(15-16-39)42(21-23-6-5-17-40-20-23)31(44)19-22-9-14-27(28(35)18-22)34(36,37)38;5-9(6,7)4-2-1-3-8-4/h3-16,18,20-21,23,33,44H,2,17,19,22,24H2,1H3;3-14,17-18,20,30H,2,15-16,19,21,39H2,1H3;1-3H. The van der Waals surface area contributed by atoms with Crippen LogP contribution >= 0.6 is 33.4 Å². The van der Waals surface area contributed by atoms with Crippen LogP contribution in [0.4, 0.5) is 35.1 Å². The molecule has 0 aliphatic carbocycles. The first-order chi connectivity index (χ1) is 52.1. The minimum Gasteiger partial charge on any atom is -0.494 e. The molecular formula is C76H67ClF8N10O10S4. The summed E-state index contributed by atoms with van der Waals surface area (Å²) in [5, 5.41) is 3.91. The van der Waals surface area contributed by atoms with E-state index < -0.39 is 96.5 Å². The summed E-state index contributed by atoms with van der Waals surface area (Å²) in [6.07, 6.45) is -4.50. The largest absolute Gasteiger partial charge is 0.494 e. The smallest absolute Gasteiger partial charge is 0.419 e. The van der Waals surface area contributed by atoms with Crippen LogP contribution in [0.25, 0.3) is 33.2 Å². The molecule has 3 N–H and O–H groups in total. The van der Waals surface area contributed by atoms with E-state index in [1.807, 2.05) is 13.8 Å². The zero-order valence-corrected chi connectivity index (χ0v) is 61.8. The molecule has 0 saturated heterocycles. The molecule has 0 aliphatic heterocycles. The van der Waals surface area contributed by atoms with E-state index in [9.17, 15) is 71.1 Å². The molecular weight excluding hydrogens is 1530 g/mol. The number of aromatic nitrogens is 6. The van der Waals surface area contributed by atoms with Crippen molar-refractivity contribution in [1.29, 1.82) is 0 Å². The lowest BCUT2D eigenvalue weighted by molar-refractivity contribution is -0.140. The fourth-order valence-electron chi connectivity index (χ4n) is 11.7. The van der Waals surface area contributed by atoms with Crippen LogP contribution < -0.4 is 31.0 Å². The molecule has 0 spiro atoms. The van der Waals surface area contributed by atoms with Gasteiger partial charge in [0.05, 0.1) is 82.4 Å². The van der Waals surface area contributed by atoms with Crippen molar-refractivity contribution in [1.82, 2.24) is 43.6 Å². The number of carbonyl (C=O) groups excluding carboxylic acids is 2. The van der Waals surface area contributed by atoms with Gasteiger partial charge < -0.3 is 25.0 Å². The molecule has 0 radical (unpaired) electrons. The third kappa shape index (κ3) is 20.6. The second-order valence-electron chi connectivity index (χ2n) is 23.9. The summed E-state index contributed by atoms with van der Waals surface area (Å²) in [6, 6.07) is 42.6. The number of ether oxygens (including phenoxy) is 2. The maximum atomic E-state index is 14.7. The average molecular weight is 1600 g/mol. The van der Waals surface area contributed by atoms with Gasteiger partial charge in [-0.15, -0.1) is 22.7 Å². The van der Waals surface area contributed by atoms with E-state index in [1.165, 1.54) is 43.5 Å². The number of halogens is 9. The van der Waals surface area contributed by atoms with Crippen molar-refractivity contribution in [3.8, 4) is 22.9 Å². The van der Waals surface area contributed by atoms with E-state index in [4.69, 9.17) is 35.9 Å². The van der Waals surface area contributed by atoms with Crippen molar-refractivity contribution in [2.24, 2.45) is 5.73 Å². The van der Waals surface area contributed by atoms with Gasteiger partial charge in [0.25, 0.3) is 20.2 Å². The molecule has 12 rings (SSSR count). The zero-order chi connectivity index (χ0) is 78.2. The molecule has 2 unspecified atom stereocenters. The molecule has 12 aromatic rings. The van der Waals surface area contributed by atoms with Gasteiger partial charge in [-0.05, 0) is 188 Å². The molecule has 568 valence electrons. The quantitative estimate of drug-likeness (QED) is 0.0377. The number of benzene rings is 6. The second-order valence-corrected chi connectivity index (χ2v) is 30.6. The lowest BCUT2D eigenvalue weighted by atomic mass is 10.0. The highest BCUT2D eigenvalue weighted by Gasteiger charge is 2.38. The number of nitrogens with zero attached hydrogens (tertiary/aromatic N) is 8. The number of fused-ring (bicyclic) bond motifs is 2. The van der Waals surface area contributed by atoms with Crippen molar-refractivity contribution in [3.63, 3.8) is 0 Å². The van der Waals surface area contributed by atoms with Gasteiger partial charge in [-0.3, -0.25) is 38.3 Å². The van der Waals surface area contributed by atoms with Gasteiger partial charge in [-0.1, -0.05) is 60.7 Å². The van der Waals surface area contributed by atoms with E-state index in [0.29, 0.717) is 87.9 Å². The van der Waals surface area contributed by atoms with Crippen LogP contribution in [0.3, 0.4) is 0 Å². The van der Waals surface area contributed by atoms with Crippen LogP contribution in [0, 0.1) is 11.6 Å². The van der Waals surface area contributed by atoms with Crippen LogP contribution in [0.15, 0.2) is 236 Å². The monoisotopic (exact) mass is 1590 g/mol. The van der Waals surface area contributed by atoms with E-state index in [0.717, 1.165) is 34.8 Å². The Labute approximate surface area is 632 Å². The van der Waals surface area contributed by atoms with Crippen LogP contribution in [0.2, 0.25) is 0 Å². The normalized spacial score (nSPS) is 12.3. The SMILES string of the molecule is CCOc1ccc(-n2c(C(CCN)N(Cc3cccnc3)C(=O)Cc3ccc(C(F)(F)F)c(F)c3)nc3ccccc3c2=O)cc1.CCOc1ccc(-n2c(C(CCNS(=O)(=O)c3cccs3)N(Cc3cccnc3)C(=O)Cc3ccc(C(F)(F)F)c(F)c3)nc3ccccc3c2=O)cc1.O=S(=O)(Cl)c1cccs1. The third-order valence-corrected chi connectivity index (χ3v) is 22.4. The molecule has 2 atom stereocenters. The highest BCUT2D eigenvalue weighted by molar-refractivity contribution is 8.15. The highest BCUT2D eigenvalue weighted by atomic mass is 35.7. The van der Waals surface area contributed by atoms with E-state index in [1.54, 1.807) is 157 Å². The number of pyridine rings is 2. The van der Waals surface area contributed by atoms with Crippen molar-refractivity contribution < 1.29 is 71.0 Å². The van der Waals surface area contributed by atoms with Crippen molar-refractivity contribution in [3.05, 3.63) is 295 Å². The Morgan fingerprint density at radius 3 is 1.33 bits per heavy atom. The summed E-state index contributed by atoms with van der Waals surface area (Å²) >= 11 is 2.13. The van der Waals surface area contributed by atoms with Crippen LogP contribution in [-0.2, 0) is 66.9 Å². The number of nitrogens with one attached hydrogen (secondary N) is 1. The van der Waals surface area contributed by atoms with Crippen molar-refractivity contribution in [2.45, 2.75) is 85.5 Å². The number of amides is 2. The summed E-state index contributed by atoms with van der Waals surface area (Å²) in [4.78, 5) is 77.9. The summed E-state index contributed by atoms with van der Waals surface area (Å²) in [5.74, 6) is -2.76. The lowest BCUT2D eigenvalue weighted by Crippen LogP contribution is -2.40. The number of alkyl halides is 6. The van der Waals surface area contributed by atoms with Gasteiger partial charge in [-0.2, -0.15) is 26.3 Å². The first-order valence-corrected chi connectivity index (χ1v) is 38.9. The molecule has 0 saturated carbocycles. The summed E-state index contributed by atoms with van der Waals surface area (Å²) in [7, 11) is -2.45. The third-order valence-electron chi connectivity index (χ3n) is 16.6. The Balaban J connectivity index is 0.000000210. The summed E-state index contributed by atoms with van der Waals surface area (Å²) in [5.41, 5.74) is 5.12. The van der Waals surface area contributed by atoms with Crippen LogP contribution in [-0.4, -0.2) is 93.8 Å². The molecule has 6 aromatic heterocycles. The maximum Gasteiger partial charge on any atom is 0.419 e. The van der Waals surface area contributed by atoms with Crippen molar-refractivity contribution in [2.75, 3.05) is 26.3 Å².